The zero-order chi connectivity index (χ0) is 20.7. The fourth-order valence-corrected chi connectivity index (χ4v) is 5.41. The van der Waals surface area contributed by atoms with Crippen molar-refractivity contribution in [3.05, 3.63) is 45.4 Å². The number of hydrogen-bond acceptors (Lipinski definition) is 6. The number of thiazole rings is 1. The van der Waals surface area contributed by atoms with E-state index in [0.717, 1.165) is 30.7 Å². The maximum atomic E-state index is 12.3. The third-order valence-electron chi connectivity index (χ3n) is 4.77. The van der Waals surface area contributed by atoms with Gasteiger partial charge in [0.2, 0.25) is 10.0 Å². The van der Waals surface area contributed by atoms with E-state index in [1.54, 1.807) is 11.3 Å². The molecule has 9 heteroatoms. The number of nitrogens with zero attached hydrogens (tertiary/aromatic N) is 1. The lowest BCUT2D eigenvalue weighted by Crippen LogP contribution is -2.27. The highest BCUT2D eigenvalue weighted by molar-refractivity contribution is 7.89. The second-order valence-electron chi connectivity index (χ2n) is 6.96. The second-order valence-corrected chi connectivity index (χ2v) is 9.89. The molecule has 0 saturated carbocycles. The average molecular weight is 438 g/mol. The number of sulfonamides is 1. The molecule has 0 bridgehead atoms. The Morgan fingerprint density at radius 2 is 1.93 bits per heavy atom. The first-order valence-electron chi connectivity index (χ1n) is 9.84. The lowest BCUT2D eigenvalue weighted by atomic mass is 10.0. The summed E-state index contributed by atoms with van der Waals surface area (Å²) in [6.07, 6.45) is 6.42. The molecule has 1 aliphatic rings. The van der Waals surface area contributed by atoms with Crippen molar-refractivity contribution in [1.29, 1.82) is 0 Å². The Morgan fingerprint density at radius 1 is 1.17 bits per heavy atom. The van der Waals surface area contributed by atoms with Crippen LogP contribution in [-0.2, 0) is 34.0 Å². The smallest absolute Gasteiger partial charge is 0.251 e. The number of ether oxygens (including phenoxy) is 1. The van der Waals surface area contributed by atoms with Crippen LogP contribution in [0.5, 0.6) is 0 Å². The highest BCUT2D eigenvalue weighted by atomic mass is 32.2. The Hall–Kier alpha value is -1.81. The molecular formula is C20H27N3O4S2. The molecule has 29 heavy (non-hydrogen) atoms. The Bertz CT molecular complexity index is 900. The lowest BCUT2D eigenvalue weighted by molar-refractivity contribution is 0.0953. The predicted octanol–water partition coefficient (Wildman–Crippen LogP) is 2.31. The van der Waals surface area contributed by atoms with Crippen LogP contribution >= 0.6 is 11.3 Å². The molecule has 1 aromatic heterocycles. The van der Waals surface area contributed by atoms with Crippen LogP contribution < -0.4 is 10.0 Å². The Kier molecular flexibility index (Phi) is 7.77. The number of rotatable bonds is 10. The molecule has 0 unspecified atom stereocenters. The van der Waals surface area contributed by atoms with Crippen molar-refractivity contribution in [2.75, 3.05) is 26.8 Å². The molecule has 1 heterocycles. The highest BCUT2D eigenvalue weighted by Gasteiger charge is 2.16. The number of amides is 1. The summed E-state index contributed by atoms with van der Waals surface area (Å²) in [4.78, 5) is 18.6. The molecule has 0 fully saturated rings. The standard InChI is InChI=1S/C20H27N3O4S2/c1-27-14-13-22-29(25,26)16-10-8-15(9-11-16)20(24)21-12-4-7-19-23-17-5-2-3-6-18(17)28-19/h8-11,22H,2-7,12-14H2,1H3,(H,21,24). The van der Waals surface area contributed by atoms with Gasteiger partial charge >= 0.3 is 0 Å². The topological polar surface area (TPSA) is 97.4 Å². The molecule has 2 aromatic rings. The Labute approximate surface area is 175 Å². The largest absolute Gasteiger partial charge is 0.383 e. The Morgan fingerprint density at radius 3 is 2.66 bits per heavy atom. The van der Waals surface area contributed by atoms with Gasteiger partial charge in [-0.2, -0.15) is 0 Å². The average Bonchev–Trinajstić information content (AvgIpc) is 3.14. The molecule has 2 N–H and O–H groups in total. The first-order valence-corrected chi connectivity index (χ1v) is 12.1. The van der Waals surface area contributed by atoms with Gasteiger partial charge in [0, 0.05) is 37.1 Å². The number of carbonyl (C=O) groups is 1. The number of hydrogen-bond donors (Lipinski definition) is 2. The number of methoxy groups -OCH3 is 1. The van der Waals surface area contributed by atoms with Crippen molar-refractivity contribution < 1.29 is 17.9 Å². The first kappa shape index (κ1) is 21.9. The van der Waals surface area contributed by atoms with Crippen LogP contribution in [0, 0.1) is 0 Å². The summed E-state index contributed by atoms with van der Waals surface area (Å²) >= 11 is 1.81. The fraction of sp³-hybridized carbons (Fsp3) is 0.500. The quantitative estimate of drug-likeness (QED) is 0.556. The van der Waals surface area contributed by atoms with Crippen LogP contribution in [0.2, 0.25) is 0 Å². The first-order chi connectivity index (χ1) is 14.0. The molecule has 0 saturated heterocycles. The van der Waals surface area contributed by atoms with Crippen molar-refractivity contribution >= 4 is 27.3 Å². The molecule has 158 valence electrons. The molecule has 0 radical (unpaired) electrons. The number of aromatic nitrogens is 1. The Balaban J connectivity index is 1.45. The van der Waals surface area contributed by atoms with Gasteiger partial charge in [0.1, 0.15) is 0 Å². The summed E-state index contributed by atoms with van der Waals surface area (Å²) in [5, 5.41) is 4.04. The molecule has 1 aliphatic carbocycles. The monoisotopic (exact) mass is 437 g/mol. The molecule has 0 atom stereocenters. The summed E-state index contributed by atoms with van der Waals surface area (Å²) in [6, 6.07) is 5.92. The summed E-state index contributed by atoms with van der Waals surface area (Å²) in [6.45, 7) is 1.05. The van der Waals surface area contributed by atoms with Gasteiger partial charge in [0.25, 0.3) is 5.91 Å². The van der Waals surface area contributed by atoms with E-state index in [9.17, 15) is 13.2 Å². The van der Waals surface area contributed by atoms with E-state index < -0.39 is 10.0 Å². The summed E-state index contributed by atoms with van der Waals surface area (Å²) in [5.41, 5.74) is 1.71. The van der Waals surface area contributed by atoms with Crippen molar-refractivity contribution in [2.45, 2.75) is 43.4 Å². The van der Waals surface area contributed by atoms with E-state index >= 15 is 0 Å². The molecule has 3 rings (SSSR count). The number of benzene rings is 1. The number of nitrogens with one attached hydrogen (secondary N) is 2. The maximum absolute atomic E-state index is 12.3. The van der Waals surface area contributed by atoms with E-state index in [0.29, 0.717) is 18.7 Å². The number of fused-ring (bicyclic) bond motifs is 1. The minimum atomic E-state index is -3.60. The van der Waals surface area contributed by atoms with Crippen LogP contribution in [0.4, 0.5) is 0 Å². The van der Waals surface area contributed by atoms with E-state index in [1.807, 2.05) is 0 Å². The van der Waals surface area contributed by atoms with Crippen LogP contribution in [0.3, 0.4) is 0 Å². The zero-order valence-electron chi connectivity index (χ0n) is 16.6. The molecular weight excluding hydrogens is 410 g/mol. The van der Waals surface area contributed by atoms with Gasteiger partial charge < -0.3 is 10.1 Å². The van der Waals surface area contributed by atoms with E-state index in [2.05, 4.69) is 10.0 Å². The van der Waals surface area contributed by atoms with Crippen molar-refractivity contribution in [3.63, 3.8) is 0 Å². The van der Waals surface area contributed by atoms with Gasteiger partial charge in [0.15, 0.2) is 0 Å². The summed E-state index contributed by atoms with van der Waals surface area (Å²) in [5.74, 6) is -0.209. The lowest BCUT2D eigenvalue weighted by Gasteiger charge is -2.08. The number of carbonyl (C=O) groups excluding carboxylic acids is 1. The van der Waals surface area contributed by atoms with E-state index in [1.165, 1.54) is 54.8 Å². The van der Waals surface area contributed by atoms with Crippen LogP contribution in [0.1, 0.15) is 45.2 Å². The van der Waals surface area contributed by atoms with Gasteiger partial charge in [-0.25, -0.2) is 18.1 Å². The SMILES string of the molecule is COCCNS(=O)(=O)c1ccc(C(=O)NCCCc2nc3c(s2)CCCC3)cc1. The van der Waals surface area contributed by atoms with Crippen molar-refractivity contribution in [3.8, 4) is 0 Å². The van der Waals surface area contributed by atoms with Crippen LogP contribution in [0.15, 0.2) is 29.2 Å². The van der Waals surface area contributed by atoms with Crippen LogP contribution in [0.25, 0.3) is 0 Å². The second kappa shape index (κ2) is 10.3. The third-order valence-corrected chi connectivity index (χ3v) is 7.46. The fourth-order valence-electron chi connectivity index (χ4n) is 3.20. The molecule has 1 aromatic carbocycles. The zero-order valence-corrected chi connectivity index (χ0v) is 18.2. The predicted molar refractivity (Wildman–Crippen MR) is 113 cm³/mol. The van der Waals surface area contributed by atoms with Crippen molar-refractivity contribution in [2.24, 2.45) is 0 Å². The normalized spacial score (nSPS) is 13.8. The third kappa shape index (κ3) is 6.08. The molecule has 0 spiro atoms. The molecule has 0 aliphatic heterocycles. The number of aryl methyl sites for hydroxylation is 3. The van der Waals surface area contributed by atoms with E-state index in [4.69, 9.17) is 9.72 Å². The van der Waals surface area contributed by atoms with E-state index in [-0.39, 0.29) is 17.3 Å². The van der Waals surface area contributed by atoms with Gasteiger partial charge in [0.05, 0.1) is 22.2 Å². The molecule has 1 amide bonds. The van der Waals surface area contributed by atoms with Gasteiger partial charge in [-0.1, -0.05) is 0 Å². The van der Waals surface area contributed by atoms with Crippen LogP contribution in [-0.4, -0.2) is 46.1 Å². The highest BCUT2D eigenvalue weighted by Crippen LogP contribution is 2.27. The van der Waals surface area contributed by atoms with Gasteiger partial charge in [-0.15, -0.1) is 11.3 Å². The minimum absolute atomic E-state index is 0.123. The van der Waals surface area contributed by atoms with Gasteiger partial charge in [-0.05, 0) is 56.4 Å². The minimum Gasteiger partial charge on any atom is -0.383 e. The summed E-state index contributed by atoms with van der Waals surface area (Å²) < 4.78 is 31.5. The molecule has 7 nitrogen and oxygen atoms in total. The van der Waals surface area contributed by atoms with Crippen molar-refractivity contribution in [1.82, 2.24) is 15.0 Å². The summed E-state index contributed by atoms with van der Waals surface area (Å²) in [7, 11) is -2.09. The van der Waals surface area contributed by atoms with Gasteiger partial charge in [-0.3, -0.25) is 4.79 Å². The maximum Gasteiger partial charge on any atom is 0.251 e.